The molecule has 0 amide bonds. The normalized spacial score (nSPS) is 14.0. The topological polar surface area (TPSA) is 179 Å². The highest BCUT2D eigenvalue weighted by molar-refractivity contribution is 7.40. The number of aliphatic hydroxyl groups is 4. The zero-order valence-electron chi connectivity index (χ0n) is 58.5. The molecule has 0 heterocycles. The summed E-state index contributed by atoms with van der Waals surface area (Å²) < 4.78 is 26.3. The van der Waals surface area contributed by atoms with Crippen molar-refractivity contribution in [2.45, 2.75) is 349 Å². The van der Waals surface area contributed by atoms with Gasteiger partial charge in [0.15, 0.2) is 0 Å². The van der Waals surface area contributed by atoms with Gasteiger partial charge in [-0.05, 0) is 68.4 Å². The summed E-state index contributed by atoms with van der Waals surface area (Å²) in [7, 11) is -5.72. The van der Waals surface area contributed by atoms with E-state index < -0.39 is 84.8 Å². The van der Waals surface area contributed by atoms with Crippen molar-refractivity contribution in [1.29, 1.82) is 0 Å². The number of benzene rings is 2. The van der Waals surface area contributed by atoms with Crippen molar-refractivity contribution in [3.8, 4) is 5.75 Å². The molecule has 0 fully saturated rings. The third kappa shape index (κ3) is 30.1. The monoisotopic (exact) mass is 1260 g/mol. The Morgan fingerprint density at radius 1 is 0.391 bits per heavy atom. The van der Waals surface area contributed by atoms with Crippen molar-refractivity contribution in [3.63, 3.8) is 0 Å². The molecule has 2 aromatic rings. The molecule has 0 saturated heterocycles. The largest absolute Gasteiger partial charge is 0.485 e. The SMILES string of the molecule is CCCCCCCCCCCCCCCCCCC(CCCCCCCCCCCCCCCCCC)(OP(O)OCC(CO)(CO)C(Oc1ccc(C(C)(C)C)cc1C(C)(C)C)c1ccc(C(C)(C)C)cc1C(C)(C)C)C(CO)(CO)COP(O)O. The van der Waals surface area contributed by atoms with Gasteiger partial charge in [-0.3, -0.25) is 0 Å². The van der Waals surface area contributed by atoms with Crippen LogP contribution in [0, 0.1) is 10.8 Å². The van der Waals surface area contributed by atoms with E-state index in [0.717, 1.165) is 79.2 Å². The summed E-state index contributed by atoms with van der Waals surface area (Å²) in [5.41, 5.74) is -0.677. The Balaban J connectivity index is 2.58. The van der Waals surface area contributed by atoms with Crippen LogP contribution in [0.2, 0.25) is 0 Å². The first-order valence-electron chi connectivity index (χ1n) is 35.2. The van der Waals surface area contributed by atoms with Crippen LogP contribution in [0.25, 0.3) is 0 Å². The molecule has 2 aromatic carbocycles. The predicted octanol–water partition coefficient (Wildman–Crippen LogP) is 20.5. The van der Waals surface area contributed by atoms with Gasteiger partial charge in [0, 0.05) is 0 Å². The Hall–Kier alpha value is -1.30. The summed E-state index contributed by atoms with van der Waals surface area (Å²) in [6, 6.07) is 12.6. The van der Waals surface area contributed by atoms with Crippen molar-refractivity contribution in [1.82, 2.24) is 0 Å². The van der Waals surface area contributed by atoms with E-state index in [1.807, 2.05) is 6.07 Å². The van der Waals surface area contributed by atoms with Crippen LogP contribution in [-0.4, -0.2) is 80.3 Å². The second kappa shape index (κ2) is 42.8. The second-order valence-electron chi connectivity index (χ2n) is 30.5. The number of unbranched alkanes of at least 4 members (excludes halogenated alkanes) is 30. The fraction of sp³-hybridized carbons (Fsp3) is 0.838. The number of hydrogen-bond donors (Lipinski definition) is 7. The second-order valence-corrected chi connectivity index (χ2v) is 32.2. The quantitative estimate of drug-likeness (QED) is 0.0248. The minimum absolute atomic E-state index is 0.145. The molecule has 2 rings (SSSR count). The number of ether oxygens (including phenoxy) is 1. The van der Waals surface area contributed by atoms with Crippen molar-refractivity contribution < 1.29 is 53.4 Å². The molecular formula is C74H136O11P2. The lowest BCUT2D eigenvalue weighted by Gasteiger charge is -2.49. The van der Waals surface area contributed by atoms with Crippen LogP contribution in [0.3, 0.4) is 0 Å². The van der Waals surface area contributed by atoms with Crippen molar-refractivity contribution in [2.24, 2.45) is 10.8 Å². The summed E-state index contributed by atoms with van der Waals surface area (Å²) in [4.78, 5) is 32.8. The Morgan fingerprint density at radius 3 is 1.06 bits per heavy atom. The smallest absolute Gasteiger partial charge is 0.330 e. The lowest BCUT2D eigenvalue weighted by atomic mass is 9.68. The van der Waals surface area contributed by atoms with Crippen LogP contribution in [-0.2, 0) is 35.2 Å². The van der Waals surface area contributed by atoms with Crippen LogP contribution < -0.4 is 4.74 Å². The molecule has 0 spiro atoms. The molecule has 87 heavy (non-hydrogen) atoms. The first-order valence-corrected chi connectivity index (χ1v) is 37.5. The van der Waals surface area contributed by atoms with Gasteiger partial charge in [-0.2, -0.15) is 0 Å². The maximum absolute atomic E-state index is 12.5. The molecule has 508 valence electrons. The molecule has 7 N–H and O–H groups in total. The summed E-state index contributed by atoms with van der Waals surface area (Å²) in [5.74, 6) is 0.606. The van der Waals surface area contributed by atoms with E-state index in [2.05, 4.69) is 127 Å². The lowest BCUT2D eigenvalue weighted by Crippen LogP contribution is -2.57. The first kappa shape index (κ1) is 81.8. The van der Waals surface area contributed by atoms with Gasteiger partial charge in [0.25, 0.3) is 0 Å². The fourth-order valence-corrected chi connectivity index (χ4v) is 13.9. The van der Waals surface area contributed by atoms with E-state index >= 15 is 0 Å². The van der Waals surface area contributed by atoms with Gasteiger partial charge in [0.2, 0.25) is 0 Å². The molecular weight excluding hydrogens is 1130 g/mol. The average Bonchev–Trinajstić information content (AvgIpc) is 1.23. The summed E-state index contributed by atoms with van der Waals surface area (Å²) >= 11 is 0. The third-order valence-electron chi connectivity index (χ3n) is 18.7. The number of aliphatic hydroxyl groups excluding tert-OH is 4. The van der Waals surface area contributed by atoms with Crippen LogP contribution in [0.15, 0.2) is 36.4 Å². The van der Waals surface area contributed by atoms with E-state index in [1.165, 1.54) is 141 Å². The summed E-state index contributed by atoms with van der Waals surface area (Å²) in [5, 5.41) is 46.8. The molecule has 0 aliphatic carbocycles. The minimum Gasteiger partial charge on any atom is -0.485 e. The maximum Gasteiger partial charge on any atom is 0.330 e. The number of hydrogen-bond acceptors (Lipinski definition) is 11. The van der Waals surface area contributed by atoms with Crippen molar-refractivity contribution in [2.75, 3.05) is 39.6 Å². The van der Waals surface area contributed by atoms with Crippen LogP contribution in [0.4, 0.5) is 0 Å². The average molecular weight is 1260 g/mol. The Kier molecular flexibility index (Phi) is 40.3. The van der Waals surface area contributed by atoms with E-state index in [9.17, 15) is 35.1 Å². The number of rotatable bonds is 51. The molecule has 13 heteroatoms. The summed E-state index contributed by atoms with van der Waals surface area (Å²) in [6.45, 7) is 27.3. The fourth-order valence-electron chi connectivity index (χ4n) is 12.5. The van der Waals surface area contributed by atoms with Crippen LogP contribution in [0.1, 0.15) is 349 Å². The predicted molar refractivity (Wildman–Crippen MR) is 369 cm³/mol. The van der Waals surface area contributed by atoms with Crippen molar-refractivity contribution >= 4 is 17.2 Å². The van der Waals surface area contributed by atoms with Gasteiger partial charge in [-0.1, -0.05) is 333 Å². The Bertz CT molecular complexity index is 2010. The van der Waals surface area contributed by atoms with E-state index in [4.69, 9.17) is 18.3 Å². The highest BCUT2D eigenvalue weighted by Crippen LogP contribution is 2.54. The highest BCUT2D eigenvalue weighted by Gasteiger charge is 2.54. The molecule has 2 atom stereocenters. The molecule has 11 nitrogen and oxygen atoms in total. The standard InChI is InChI=1S/C74H136O11P2/c1-15-17-19-21-23-25-27-29-31-33-35-37-39-41-43-45-51-74(73(57-77,58-78)60-82-86(79)80,52-46-44-42-40-38-36-34-32-30-28-26-24-22-20-18-16-2)85-87(81)83-59-72(55-75,56-76)67(63-49-47-61(68(3,4)5)53-64(63)70(9,10)11)84-66-50-48-62(69(6,7)8)54-65(66)71(12,13)14/h47-50,53-54,67,75-81H,15-46,51-52,55-60H2,1-14H3. The minimum atomic E-state index is -2.86. The molecule has 0 aliphatic rings. The molecule has 0 radical (unpaired) electrons. The van der Waals surface area contributed by atoms with Crippen molar-refractivity contribution in [3.05, 3.63) is 64.2 Å². The maximum atomic E-state index is 12.5. The molecule has 0 saturated carbocycles. The van der Waals surface area contributed by atoms with Crippen LogP contribution in [0.5, 0.6) is 5.75 Å². The van der Waals surface area contributed by atoms with Crippen LogP contribution >= 0.6 is 17.2 Å². The first-order chi connectivity index (χ1) is 41.2. The molecule has 0 aromatic heterocycles. The zero-order chi connectivity index (χ0) is 65.1. The highest BCUT2D eigenvalue weighted by atomic mass is 31.2. The van der Waals surface area contributed by atoms with Gasteiger partial charge in [-0.15, -0.1) is 0 Å². The third-order valence-corrected chi connectivity index (χ3v) is 19.9. The lowest BCUT2D eigenvalue weighted by molar-refractivity contribution is -0.151. The van der Waals surface area contributed by atoms with E-state index in [-0.39, 0.29) is 16.2 Å². The van der Waals surface area contributed by atoms with E-state index in [1.54, 1.807) is 0 Å². The van der Waals surface area contributed by atoms with Gasteiger partial charge < -0.3 is 53.4 Å². The van der Waals surface area contributed by atoms with Gasteiger partial charge >= 0.3 is 17.2 Å². The molecule has 0 bridgehead atoms. The zero-order valence-corrected chi connectivity index (χ0v) is 60.3. The van der Waals surface area contributed by atoms with Gasteiger partial charge in [0.05, 0.1) is 56.1 Å². The van der Waals surface area contributed by atoms with E-state index in [0.29, 0.717) is 31.4 Å². The Labute approximate surface area is 537 Å². The Morgan fingerprint density at radius 2 is 0.736 bits per heavy atom. The molecule has 0 aliphatic heterocycles. The molecule has 2 unspecified atom stereocenters. The van der Waals surface area contributed by atoms with Gasteiger partial charge in [0.1, 0.15) is 11.9 Å². The van der Waals surface area contributed by atoms with Gasteiger partial charge in [-0.25, -0.2) is 0 Å². The summed E-state index contributed by atoms with van der Waals surface area (Å²) in [6.07, 6.45) is 38.1.